The average molecular weight is 1610 g/mol. The minimum atomic E-state index is -11.1. The van der Waals surface area contributed by atoms with Gasteiger partial charge in [-0.3, -0.25) is 0 Å². The van der Waals surface area contributed by atoms with Crippen LogP contribution >= 0.6 is 0 Å². The Kier molecular flexibility index (Phi) is 28.9. The van der Waals surface area contributed by atoms with Crippen LogP contribution in [0.3, 0.4) is 0 Å². The predicted octanol–water partition coefficient (Wildman–Crippen LogP) is 13.0. The molecule has 0 saturated heterocycles. The van der Waals surface area contributed by atoms with Crippen LogP contribution in [0.15, 0.2) is 75.9 Å². The first-order valence-electron chi connectivity index (χ1n) is 24.2. The monoisotopic (exact) mass is 1610 g/mol. The van der Waals surface area contributed by atoms with Crippen LogP contribution in [-0.4, -0.2) is 197 Å². The van der Waals surface area contributed by atoms with Gasteiger partial charge < -0.3 is 33.2 Å². The van der Waals surface area contributed by atoms with Crippen molar-refractivity contribution in [1.29, 1.82) is 0 Å². The van der Waals surface area contributed by atoms with Gasteiger partial charge in [-0.1, -0.05) is 39.5 Å². The molecular formula is C46H32F38O19. The Hall–Kier alpha value is -7.68. The number of alkyl halides is 38. The van der Waals surface area contributed by atoms with Gasteiger partial charge in [0.1, 0.15) is 0 Å². The molecule has 0 heterocycles. The molecule has 0 saturated carbocycles. The molecule has 0 amide bonds. The first kappa shape index (κ1) is 95.3. The third-order valence-electron chi connectivity index (χ3n) is 11.2. The maximum Gasteiger partial charge on any atom is 0.427 e. The third-order valence-corrected chi connectivity index (χ3v) is 11.2. The second kappa shape index (κ2) is 31.2. The van der Waals surface area contributed by atoms with Gasteiger partial charge in [-0.05, 0) is 0 Å². The lowest BCUT2D eigenvalue weighted by Gasteiger charge is -2.52. The topological polar surface area (TPSA) is 222 Å². The lowest BCUT2D eigenvalue weighted by atomic mass is 9.79. The van der Waals surface area contributed by atoms with Crippen molar-refractivity contribution in [2.45, 2.75) is 115 Å². The number of halogens is 38. The van der Waals surface area contributed by atoms with E-state index in [9.17, 15) is 81.5 Å². The molecule has 0 aromatic heterocycles. The van der Waals surface area contributed by atoms with E-state index in [1.165, 1.54) is 28.4 Å². The second-order valence-electron chi connectivity index (χ2n) is 18.4. The maximum absolute atomic E-state index is 17.4. The fraction of sp³-hybridized carbons (Fsp3) is 0.609. The Bertz CT molecular complexity index is 2800. The van der Waals surface area contributed by atoms with Crippen LogP contribution in [0.25, 0.3) is 0 Å². The summed E-state index contributed by atoms with van der Waals surface area (Å²) in [6, 6.07) is 0. The van der Waals surface area contributed by atoms with Gasteiger partial charge in [0.05, 0.1) is 6.61 Å². The Morgan fingerprint density at radius 2 is 0.340 bits per heavy atom. The molecule has 0 radical (unpaired) electrons. The summed E-state index contributed by atoms with van der Waals surface area (Å²) in [6.07, 6.45) is -128. The molecule has 596 valence electrons. The SMILES string of the molecule is C=CC(=O)OCC(F)(F)C(F)(F)OC(F)(F)C(COC(F)(F)C(C(F)(F)OC(F)(F)C(F)(F)COC(=O)C=C)(C(F)(F)OC(F)(F)C(F)(F)COC(=O)C=C)C(F)(F)OC(F)(F)C(F)(F)COC(=O)C=C)(C(F)(F)OC(F)(F)C(F)(F)COC(=O)C=C)C(F)(F)OC(F)(F)C(F)(F)COC(=O)C=C. The van der Waals surface area contributed by atoms with Gasteiger partial charge in [0.15, 0.2) is 39.6 Å². The van der Waals surface area contributed by atoms with Crippen molar-refractivity contribution in [3.05, 3.63) is 75.9 Å². The molecule has 0 N–H and O–H groups in total. The number of rotatable bonds is 46. The lowest BCUT2D eigenvalue weighted by Crippen LogP contribution is -2.78. The highest BCUT2D eigenvalue weighted by Crippen LogP contribution is 2.71. The zero-order valence-corrected chi connectivity index (χ0v) is 48.3. The Morgan fingerprint density at radius 3 is 0.476 bits per heavy atom. The van der Waals surface area contributed by atoms with Crippen LogP contribution in [0.4, 0.5) is 167 Å². The minimum Gasteiger partial charge on any atom is -0.456 e. The van der Waals surface area contributed by atoms with Gasteiger partial charge in [-0.2, -0.15) is 167 Å². The van der Waals surface area contributed by atoms with E-state index in [1.54, 1.807) is 4.74 Å². The van der Waals surface area contributed by atoms with Crippen LogP contribution in [0, 0.1) is 10.8 Å². The first-order valence-corrected chi connectivity index (χ1v) is 24.2. The Balaban J connectivity index is 11.2. The van der Waals surface area contributed by atoms with E-state index in [0.717, 1.165) is 0 Å². The molecule has 19 nitrogen and oxygen atoms in total. The quantitative estimate of drug-likeness (QED) is 0.0239. The normalized spacial score (nSPS) is 14.7. The molecule has 0 unspecified atom stereocenters. The van der Waals surface area contributed by atoms with Crippen molar-refractivity contribution < 1.29 is 257 Å². The smallest absolute Gasteiger partial charge is 0.427 e. The van der Waals surface area contributed by atoms with Gasteiger partial charge >= 0.3 is 156 Å². The zero-order chi connectivity index (χ0) is 82.3. The van der Waals surface area contributed by atoms with E-state index in [0.29, 0.717) is 0 Å². The number of hydrogen-bond acceptors (Lipinski definition) is 19. The minimum absolute atomic E-state index is 0.544. The van der Waals surface area contributed by atoms with E-state index in [-0.39, 0.29) is 0 Å². The van der Waals surface area contributed by atoms with E-state index >= 15 is 114 Å². The molecule has 0 spiro atoms. The zero-order valence-electron chi connectivity index (χ0n) is 48.3. The van der Waals surface area contributed by atoms with Crippen molar-refractivity contribution in [3.8, 4) is 0 Å². The molecule has 57 heteroatoms. The highest BCUT2D eigenvalue weighted by molar-refractivity contribution is 5.83. The average Bonchev–Trinajstić information content (AvgIpc) is 0.674. The molecule has 0 aromatic rings. The van der Waals surface area contributed by atoms with E-state index in [4.69, 9.17) is 0 Å². The summed E-state index contributed by atoms with van der Waals surface area (Å²) in [5.41, 5.74) is -21.2. The molecule has 0 aromatic carbocycles. The fourth-order valence-electron chi connectivity index (χ4n) is 5.82. The van der Waals surface area contributed by atoms with Crippen LogP contribution in [0.2, 0.25) is 0 Å². The fourth-order valence-corrected chi connectivity index (χ4v) is 5.82. The number of carbonyl (C=O) groups is 6. The summed E-state index contributed by atoms with van der Waals surface area (Å²) >= 11 is 0. The summed E-state index contributed by atoms with van der Waals surface area (Å²) < 4.78 is 629. The summed E-state index contributed by atoms with van der Waals surface area (Å²) in [6.45, 7) is -17.8. The maximum atomic E-state index is 17.4. The largest absolute Gasteiger partial charge is 0.456 e. The van der Waals surface area contributed by atoms with Crippen molar-refractivity contribution in [2.24, 2.45) is 10.8 Å². The molecule has 0 fully saturated rings. The summed E-state index contributed by atoms with van der Waals surface area (Å²) in [5.74, 6) is -62.4. The van der Waals surface area contributed by atoms with Crippen LogP contribution in [0.5, 0.6) is 0 Å². The van der Waals surface area contributed by atoms with Crippen molar-refractivity contribution in [1.82, 2.24) is 0 Å². The van der Waals surface area contributed by atoms with Crippen LogP contribution in [-0.2, 0) is 90.3 Å². The van der Waals surface area contributed by atoms with Gasteiger partial charge in [0, 0.05) is 36.5 Å². The number of carbonyl (C=O) groups excluding carboxylic acids is 6. The van der Waals surface area contributed by atoms with E-state index in [1.807, 2.05) is 0 Å². The molecule has 0 aliphatic carbocycles. The molecule has 0 rings (SSSR count). The van der Waals surface area contributed by atoms with Crippen LogP contribution in [0.1, 0.15) is 0 Å². The number of hydrogen-bond donors (Lipinski definition) is 0. The van der Waals surface area contributed by atoms with Gasteiger partial charge in [-0.15, -0.1) is 0 Å². The van der Waals surface area contributed by atoms with Crippen molar-refractivity contribution in [3.63, 3.8) is 0 Å². The van der Waals surface area contributed by atoms with Gasteiger partial charge in [-0.25, -0.2) is 57.2 Å². The van der Waals surface area contributed by atoms with E-state index < -0.39 is 244 Å². The van der Waals surface area contributed by atoms with Crippen molar-refractivity contribution >= 4 is 35.8 Å². The van der Waals surface area contributed by atoms with Gasteiger partial charge in [0.2, 0.25) is 0 Å². The van der Waals surface area contributed by atoms with E-state index in [2.05, 4.69) is 67.9 Å². The third kappa shape index (κ3) is 20.0. The molecular weight excluding hydrogens is 1580 g/mol. The molecule has 0 aliphatic heterocycles. The molecule has 0 bridgehead atoms. The van der Waals surface area contributed by atoms with Crippen molar-refractivity contribution in [2.75, 3.05) is 46.2 Å². The standard InChI is InChI=1S/C46H32F38O19/c1-7-20(85)91-14-27(47,48)37(65,66)98-34(59,60)26(35(61,62)99-38(67,68)28(49,50)15-92-21(86)8-2,36(63,64)100-39(69,70)29(51,52)16-93-22(87)9-3)13-97-43(77,78)33(44(79,80)101-40(71,72)30(53,54)17-94-23(88)10-4,45(81,82)102-41(73,74)31(55,56)18-95-24(89)11-5)46(83,84)103-42(75,76)32(57,58)19-96-25(90)12-6/h7-12H,1-6,13-19H2. The summed E-state index contributed by atoms with van der Waals surface area (Å²) in [5, 5.41) is 0. The Labute approximate surface area is 541 Å². The van der Waals surface area contributed by atoms with Gasteiger partial charge in [0.25, 0.3) is 5.41 Å². The highest BCUT2D eigenvalue weighted by atomic mass is 19.4. The first-order chi connectivity index (χ1) is 45.4. The number of ether oxygens (including phenoxy) is 13. The highest BCUT2D eigenvalue weighted by Gasteiger charge is 2.99. The summed E-state index contributed by atoms with van der Waals surface area (Å²) in [4.78, 5) is 67.9. The number of esters is 6. The lowest BCUT2D eigenvalue weighted by molar-refractivity contribution is -0.618. The predicted molar refractivity (Wildman–Crippen MR) is 238 cm³/mol. The Morgan fingerprint density at radius 1 is 0.204 bits per heavy atom. The second-order valence-corrected chi connectivity index (χ2v) is 18.4. The summed E-state index contributed by atoms with van der Waals surface area (Å²) in [7, 11) is 0. The molecule has 0 aliphatic rings. The molecule has 0 atom stereocenters. The van der Waals surface area contributed by atoms with Crippen LogP contribution < -0.4 is 0 Å². The molecule has 103 heavy (non-hydrogen) atoms.